The summed E-state index contributed by atoms with van der Waals surface area (Å²) in [5, 5.41) is 4.02. The number of benzene rings is 6. The fourth-order valence-corrected chi connectivity index (χ4v) is 24.2. The Kier molecular flexibility index (Phi) is 16.1. The summed E-state index contributed by atoms with van der Waals surface area (Å²) >= 11 is 13.2. The number of thiophene rings is 8. The fourth-order valence-electron chi connectivity index (χ4n) is 14.7. The zero-order valence-electron chi connectivity index (χ0n) is 57.1. The van der Waals surface area contributed by atoms with E-state index in [1.807, 2.05) is 10.8 Å². The maximum absolute atomic E-state index is 6.52. The topological polar surface area (TPSA) is 148 Å². The first-order valence-electron chi connectivity index (χ1n) is 35.5. The van der Waals surface area contributed by atoms with Crippen LogP contribution in [-0.2, 0) is 0 Å². The molecule has 0 saturated carbocycles. The molecule has 22 rings (SSSR count). The lowest BCUT2D eigenvalue weighted by molar-refractivity contribution is 0.172. The molecule has 24 heteroatoms. The average molecular weight is 1580 g/mol. The van der Waals surface area contributed by atoms with Crippen LogP contribution in [-0.4, -0.2) is 106 Å². The van der Waals surface area contributed by atoms with Crippen LogP contribution in [0, 0.1) is 0 Å². The van der Waals surface area contributed by atoms with Gasteiger partial charge in [0.05, 0.1) is 68.3 Å². The molecule has 0 atom stereocenters. The maximum atomic E-state index is 6.52. The van der Waals surface area contributed by atoms with E-state index in [2.05, 4.69) is 146 Å². The maximum Gasteiger partial charge on any atom is 0.181 e. The van der Waals surface area contributed by atoms with Crippen LogP contribution in [0.15, 0.2) is 156 Å². The lowest BCUT2D eigenvalue weighted by Gasteiger charge is -2.19. The van der Waals surface area contributed by atoms with E-state index in [0.717, 1.165) is 227 Å². The molecule has 6 aromatic carbocycles. The Morgan fingerprint density at radius 2 is 0.278 bits per heavy atom. The number of fused-ring (bicyclic) bond motifs is 8. The predicted octanol–water partition coefficient (Wildman–Crippen LogP) is 22.0. The largest absolute Gasteiger partial charge is 0.485 e. The summed E-state index contributed by atoms with van der Waals surface area (Å²) in [6.07, 6.45) is 0. The van der Waals surface area contributed by atoms with Gasteiger partial charge in [-0.25, -0.2) is 0 Å². The van der Waals surface area contributed by atoms with E-state index in [4.69, 9.17) is 75.8 Å². The van der Waals surface area contributed by atoms with Gasteiger partial charge < -0.3 is 75.8 Å². The quantitative estimate of drug-likeness (QED) is 0.108. The second-order valence-corrected chi connectivity index (χ2v) is 34.0. The van der Waals surface area contributed by atoms with Crippen LogP contribution >= 0.6 is 90.7 Å². The van der Waals surface area contributed by atoms with Gasteiger partial charge in [0.2, 0.25) is 0 Å². The summed E-state index contributed by atoms with van der Waals surface area (Å²) in [4.78, 5) is 13.9. The normalized spacial score (nSPS) is 15.4. The smallest absolute Gasteiger partial charge is 0.181 e. The van der Waals surface area contributed by atoms with Crippen molar-refractivity contribution in [2.45, 2.75) is 0 Å². The first kappa shape index (κ1) is 64.9. The lowest BCUT2D eigenvalue weighted by Crippen LogP contribution is -2.15. The van der Waals surface area contributed by atoms with Crippen molar-refractivity contribution < 1.29 is 75.8 Å². The average Bonchev–Trinajstić information content (AvgIpc) is 1.60. The van der Waals surface area contributed by atoms with Gasteiger partial charge in [-0.15, -0.1) is 90.7 Å². The summed E-state index contributed by atoms with van der Waals surface area (Å²) in [6.45, 7) is 7.66. The minimum Gasteiger partial charge on any atom is -0.485 e. The molecule has 0 saturated heterocycles. The van der Waals surface area contributed by atoms with Gasteiger partial charge in [0.15, 0.2) is 92.0 Å². The number of hydrogen-bond acceptors (Lipinski definition) is 24. The van der Waals surface area contributed by atoms with Crippen molar-refractivity contribution in [3.8, 4) is 227 Å². The minimum absolute atomic E-state index is 0.440. The van der Waals surface area contributed by atoms with Crippen molar-refractivity contribution in [1.82, 2.24) is 0 Å². The highest BCUT2D eigenvalue weighted by Gasteiger charge is 2.38. The van der Waals surface area contributed by atoms with Gasteiger partial charge in [-0.2, -0.15) is 0 Å². The van der Waals surface area contributed by atoms with Gasteiger partial charge in [0.1, 0.15) is 106 Å². The number of ether oxygens (including phenoxy) is 16. The molecule has 14 aromatic rings. The monoisotopic (exact) mass is 1580 g/mol. The molecule has 0 spiro atoms. The molecule has 16 heterocycles. The molecule has 8 aliphatic heterocycles. The highest BCUT2D eigenvalue weighted by molar-refractivity contribution is 7.27. The van der Waals surface area contributed by atoms with Crippen molar-refractivity contribution >= 4 is 90.7 Å². The van der Waals surface area contributed by atoms with Crippen molar-refractivity contribution in [2.75, 3.05) is 106 Å². The van der Waals surface area contributed by atoms with Gasteiger partial charge in [0, 0.05) is 10.8 Å². The summed E-state index contributed by atoms with van der Waals surface area (Å²) in [6, 6.07) is 52.1. The molecule has 0 radical (unpaired) electrons. The highest BCUT2D eigenvalue weighted by Crippen LogP contribution is 2.66. The first-order valence-corrected chi connectivity index (χ1v) is 42.1. The molecule has 538 valence electrons. The Bertz CT molecular complexity index is 5470. The van der Waals surface area contributed by atoms with E-state index in [0.29, 0.717) is 106 Å². The highest BCUT2D eigenvalue weighted by atomic mass is 32.1. The van der Waals surface area contributed by atoms with Crippen molar-refractivity contribution in [3.63, 3.8) is 0 Å². The van der Waals surface area contributed by atoms with Gasteiger partial charge in [-0.1, -0.05) is 146 Å². The second kappa shape index (κ2) is 26.8. The van der Waals surface area contributed by atoms with Gasteiger partial charge in [-0.05, 0) is 66.8 Å². The molecule has 8 aromatic heterocycles. The summed E-state index contributed by atoms with van der Waals surface area (Å²) in [7, 11) is 0. The zero-order valence-corrected chi connectivity index (χ0v) is 63.7. The third-order valence-electron chi connectivity index (χ3n) is 19.7. The van der Waals surface area contributed by atoms with E-state index < -0.39 is 0 Å². The lowest BCUT2D eigenvalue weighted by atomic mass is 10.0. The second-order valence-electron chi connectivity index (χ2n) is 26.1. The molecule has 0 amide bonds. The Hall–Kier alpha value is -10.3. The van der Waals surface area contributed by atoms with Crippen LogP contribution < -0.4 is 75.8 Å². The third kappa shape index (κ3) is 11.0. The molecule has 108 heavy (non-hydrogen) atoms. The van der Waals surface area contributed by atoms with Crippen molar-refractivity contribution in [2.24, 2.45) is 0 Å². The molecular weight excluding hydrogens is 1520 g/mol. The van der Waals surface area contributed by atoms with Crippen molar-refractivity contribution in [1.29, 1.82) is 0 Å². The molecule has 0 fully saturated rings. The SMILES string of the molecule is c1cc(-c2sc(-c3scc4c3OCCO4)c3c2OCCO3)ccc1-c1ccc(-c2sc(-c3sc(-c4ccc(-c5ccc(-c6sc(-c7sc(-c8ccc(-c9ccc(-c%10sc(-c%11scc%12c%11OCCO%12)c%11c%10OCCO%11)cc9)cc8)c8c7OCCO8)c7c6OCCO7)cc5)cc4)c4c3OCCO4)c3c2OCCO3)cc1. The van der Waals surface area contributed by atoms with E-state index in [9.17, 15) is 0 Å². The Morgan fingerprint density at radius 1 is 0.139 bits per heavy atom. The van der Waals surface area contributed by atoms with Crippen LogP contribution in [0.2, 0.25) is 0 Å². The van der Waals surface area contributed by atoms with Crippen LogP contribution in [0.1, 0.15) is 0 Å². The van der Waals surface area contributed by atoms with Crippen LogP contribution in [0.3, 0.4) is 0 Å². The van der Waals surface area contributed by atoms with Gasteiger partial charge >= 0.3 is 0 Å². The van der Waals surface area contributed by atoms with Crippen LogP contribution in [0.4, 0.5) is 0 Å². The summed E-state index contributed by atoms with van der Waals surface area (Å²) < 4.78 is 101. The standard InChI is InChI=1S/C84H58O16S8/c1-13-49(71-59-65(95-35-29-89-59)79(103-71)77-57-55(41-101-77)85-25-27-87-57)14-2-43(1)45-5-17-51(18-6-45)73-61-67(97-37-31-91-61)81(105-73)83-69-63(93-33-39-99-69)75(107-83)53-21-9-47(10-22-53)48-11-23-54(24-12-48)76-64-70(100-40-34-94-64)84(108-76)82-68-62(92-32-38-98-68)74(106-82)52-19-7-46(8-20-52)44-3-15-50(16-4-44)72-60-66(96-36-30-90-60)80(104-72)78-58-56(42-102-78)86-26-28-88-58/h1-24,41-42H,25-40H2. The Morgan fingerprint density at radius 3 is 0.463 bits per heavy atom. The van der Waals surface area contributed by atoms with E-state index in [-0.39, 0.29) is 0 Å². The molecule has 0 unspecified atom stereocenters. The van der Waals surface area contributed by atoms with E-state index in [1.165, 1.54) is 0 Å². The van der Waals surface area contributed by atoms with Crippen molar-refractivity contribution in [3.05, 3.63) is 156 Å². The summed E-state index contributed by atoms with van der Waals surface area (Å²) in [5.74, 6) is 12.1. The number of rotatable bonds is 13. The van der Waals surface area contributed by atoms with Crippen LogP contribution in [0.25, 0.3) is 135 Å². The molecule has 0 bridgehead atoms. The van der Waals surface area contributed by atoms with Gasteiger partial charge in [-0.3, -0.25) is 0 Å². The minimum atomic E-state index is 0.440. The Labute approximate surface area is 650 Å². The third-order valence-corrected chi connectivity index (χ3v) is 29.4. The van der Waals surface area contributed by atoms with E-state index >= 15 is 0 Å². The molecule has 0 aliphatic carbocycles. The molecule has 16 nitrogen and oxygen atoms in total. The van der Waals surface area contributed by atoms with E-state index in [1.54, 1.807) is 90.7 Å². The fraction of sp³-hybridized carbons (Fsp3) is 0.190. The first-order chi connectivity index (χ1) is 53.5. The summed E-state index contributed by atoms with van der Waals surface area (Å²) in [5.41, 5.74) is 12.8. The van der Waals surface area contributed by atoms with Crippen LogP contribution in [0.5, 0.6) is 92.0 Å². The molecule has 0 N–H and O–H groups in total. The Balaban J connectivity index is 0.507. The van der Waals surface area contributed by atoms with Gasteiger partial charge in [0.25, 0.3) is 0 Å². The molecular formula is C84H58O16S8. The molecule has 8 aliphatic rings. The number of hydrogen-bond donors (Lipinski definition) is 0. The zero-order chi connectivity index (χ0) is 70.9. The predicted molar refractivity (Wildman–Crippen MR) is 428 cm³/mol.